The molecule has 25 heavy (non-hydrogen) atoms. The summed E-state index contributed by atoms with van der Waals surface area (Å²) in [5, 5.41) is 2.84. The molecule has 1 aromatic rings. The van der Waals surface area contributed by atoms with Gasteiger partial charge in [-0.3, -0.25) is 4.79 Å². The number of hydrogen-bond donors (Lipinski definition) is 1. The molecular weight excluding hydrogens is 321 g/mol. The average molecular weight is 345 g/mol. The Labute approximate surface area is 147 Å². The summed E-state index contributed by atoms with van der Waals surface area (Å²) in [5.74, 6) is 0.113. The van der Waals surface area contributed by atoms with E-state index in [0.29, 0.717) is 36.3 Å². The van der Waals surface area contributed by atoms with Gasteiger partial charge in [0.1, 0.15) is 5.82 Å². The Morgan fingerprint density at radius 2 is 1.96 bits per heavy atom. The number of amides is 3. The molecule has 0 aromatic heterocycles. The molecule has 2 saturated heterocycles. The topological polar surface area (TPSA) is 52.7 Å². The van der Waals surface area contributed by atoms with Crippen LogP contribution in [0.1, 0.15) is 44.9 Å². The van der Waals surface area contributed by atoms with Crippen LogP contribution in [0.2, 0.25) is 0 Å². The molecule has 2 heterocycles. The Bertz CT molecular complexity index is 693. The van der Waals surface area contributed by atoms with Crippen LogP contribution in [0.15, 0.2) is 18.2 Å². The monoisotopic (exact) mass is 345 g/mol. The number of rotatable bonds is 2. The van der Waals surface area contributed by atoms with Crippen molar-refractivity contribution in [3.8, 4) is 0 Å². The van der Waals surface area contributed by atoms with Crippen LogP contribution >= 0.6 is 0 Å². The zero-order valence-corrected chi connectivity index (χ0v) is 14.3. The molecule has 2 atom stereocenters. The third kappa shape index (κ3) is 3.10. The molecule has 0 bridgehead atoms. The van der Waals surface area contributed by atoms with Gasteiger partial charge in [-0.25, -0.2) is 9.18 Å². The fraction of sp³-hybridized carbons (Fsp3) is 0.579. The number of fused-ring (bicyclic) bond motifs is 1. The Hall–Kier alpha value is -2.11. The first-order valence-electron chi connectivity index (χ1n) is 9.31. The molecule has 1 aromatic carbocycles. The van der Waals surface area contributed by atoms with Crippen molar-refractivity contribution in [2.75, 3.05) is 23.3 Å². The number of halogens is 1. The molecule has 5 nitrogen and oxygen atoms in total. The van der Waals surface area contributed by atoms with Gasteiger partial charge >= 0.3 is 6.03 Å². The molecule has 134 valence electrons. The Kier molecular flexibility index (Phi) is 4.36. The molecule has 4 rings (SSSR count). The fourth-order valence-corrected chi connectivity index (χ4v) is 4.61. The van der Waals surface area contributed by atoms with Crippen LogP contribution in [0.3, 0.4) is 0 Å². The molecule has 3 aliphatic rings. The van der Waals surface area contributed by atoms with E-state index in [4.69, 9.17) is 0 Å². The third-order valence-electron chi connectivity index (χ3n) is 5.82. The highest BCUT2D eigenvalue weighted by atomic mass is 19.1. The smallest absolute Gasteiger partial charge is 0.321 e. The minimum atomic E-state index is -0.467. The second kappa shape index (κ2) is 6.65. The normalized spacial score (nSPS) is 26.0. The third-order valence-corrected chi connectivity index (χ3v) is 5.82. The summed E-state index contributed by atoms with van der Waals surface area (Å²) in [5.41, 5.74) is 0.743. The van der Waals surface area contributed by atoms with Crippen LogP contribution in [0.5, 0.6) is 0 Å². The lowest BCUT2D eigenvalue weighted by molar-refractivity contribution is -0.117. The Balaban J connectivity index is 1.46. The van der Waals surface area contributed by atoms with Gasteiger partial charge in [0.25, 0.3) is 0 Å². The van der Waals surface area contributed by atoms with E-state index >= 15 is 0 Å². The largest absolute Gasteiger partial charge is 0.322 e. The van der Waals surface area contributed by atoms with Gasteiger partial charge in [0.15, 0.2) is 0 Å². The van der Waals surface area contributed by atoms with Crippen LogP contribution in [0.25, 0.3) is 0 Å². The molecule has 3 amide bonds. The van der Waals surface area contributed by atoms with Crippen LogP contribution in [0.4, 0.5) is 20.6 Å². The summed E-state index contributed by atoms with van der Waals surface area (Å²) in [6.45, 7) is 1.33. The quantitative estimate of drug-likeness (QED) is 0.887. The summed E-state index contributed by atoms with van der Waals surface area (Å²) in [7, 11) is 0. The van der Waals surface area contributed by atoms with Gasteiger partial charge < -0.3 is 15.1 Å². The highest BCUT2D eigenvalue weighted by Gasteiger charge is 2.37. The van der Waals surface area contributed by atoms with Crippen molar-refractivity contribution in [1.29, 1.82) is 0 Å². The first kappa shape index (κ1) is 16.4. The van der Waals surface area contributed by atoms with E-state index in [-0.39, 0.29) is 11.9 Å². The number of nitrogens with one attached hydrogen (secondary N) is 1. The van der Waals surface area contributed by atoms with Gasteiger partial charge in [-0.2, -0.15) is 0 Å². The lowest BCUT2D eigenvalue weighted by atomic mass is 9.92. The van der Waals surface area contributed by atoms with Gasteiger partial charge in [-0.15, -0.1) is 0 Å². The van der Waals surface area contributed by atoms with Crippen molar-refractivity contribution in [2.24, 2.45) is 5.92 Å². The number of piperidine rings is 1. The fourth-order valence-electron chi connectivity index (χ4n) is 4.61. The minimum Gasteiger partial charge on any atom is -0.321 e. The lowest BCUT2D eigenvalue weighted by Gasteiger charge is -2.37. The number of anilines is 2. The molecule has 1 saturated carbocycles. The van der Waals surface area contributed by atoms with E-state index in [0.717, 1.165) is 25.8 Å². The predicted octanol–water partition coefficient (Wildman–Crippen LogP) is 3.75. The number of likely N-dealkylation sites (tertiary alicyclic amines) is 1. The number of carbonyl (C=O) groups excluding carboxylic acids is 2. The Morgan fingerprint density at radius 3 is 2.72 bits per heavy atom. The molecule has 1 N–H and O–H groups in total. The zero-order valence-electron chi connectivity index (χ0n) is 14.3. The van der Waals surface area contributed by atoms with Crippen LogP contribution < -0.4 is 10.2 Å². The van der Waals surface area contributed by atoms with Gasteiger partial charge in [-0.05, 0) is 56.2 Å². The van der Waals surface area contributed by atoms with Gasteiger partial charge in [0.05, 0.1) is 5.69 Å². The van der Waals surface area contributed by atoms with Crippen LogP contribution in [0, 0.1) is 11.7 Å². The Morgan fingerprint density at radius 1 is 1.12 bits per heavy atom. The van der Waals surface area contributed by atoms with Crippen LogP contribution in [-0.2, 0) is 4.79 Å². The second-order valence-corrected chi connectivity index (χ2v) is 7.34. The second-order valence-electron chi connectivity index (χ2n) is 7.34. The highest BCUT2D eigenvalue weighted by Crippen LogP contribution is 2.37. The number of benzene rings is 1. The number of nitrogens with zero attached hydrogens (tertiary/aromatic N) is 2. The van der Waals surface area contributed by atoms with E-state index in [1.54, 1.807) is 12.1 Å². The van der Waals surface area contributed by atoms with Crippen molar-refractivity contribution in [2.45, 2.75) is 51.0 Å². The maximum atomic E-state index is 14.4. The zero-order chi connectivity index (χ0) is 17.4. The van der Waals surface area contributed by atoms with Crippen molar-refractivity contribution in [1.82, 2.24) is 4.90 Å². The van der Waals surface area contributed by atoms with E-state index in [1.807, 2.05) is 4.90 Å². The highest BCUT2D eigenvalue weighted by molar-refractivity contribution is 5.96. The molecule has 0 radical (unpaired) electrons. The maximum absolute atomic E-state index is 14.4. The van der Waals surface area contributed by atoms with Crippen molar-refractivity contribution >= 4 is 23.3 Å². The van der Waals surface area contributed by atoms with Crippen molar-refractivity contribution in [3.05, 3.63) is 24.0 Å². The number of urea groups is 1. The molecule has 2 aliphatic heterocycles. The SMILES string of the molecule is O=C1CCCN1c1ccc(NC(=O)N2CCCC3CCCC32)cc1F. The average Bonchev–Trinajstić information content (AvgIpc) is 3.23. The van der Waals surface area contributed by atoms with E-state index in [2.05, 4.69) is 5.32 Å². The lowest BCUT2D eigenvalue weighted by Crippen LogP contribution is -2.48. The first-order valence-corrected chi connectivity index (χ1v) is 9.31. The molecule has 2 unspecified atom stereocenters. The molecule has 1 aliphatic carbocycles. The van der Waals surface area contributed by atoms with Gasteiger partial charge in [-0.1, -0.05) is 6.42 Å². The number of carbonyl (C=O) groups is 2. The van der Waals surface area contributed by atoms with E-state index in [9.17, 15) is 14.0 Å². The maximum Gasteiger partial charge on any atom is 0.322 e. The summed E-state index contributed by atoms with van der Waals surface area (Å²) in [6, 6.07) is 4.77. The first-order chi connectivity index (χ1) is 12.1. The predicted molar refractivity (Wildman–Crippen MR) is 94.1 cm³/mol. The summed E-state index contributed by atoms with van der Waals surface area (Å²) < 4.78 is 14.4. The molecule has 0 spiro atoms. The summed E-state index contributed by atoms with van der Waals surface area (Å²) >= 11 is 0. The minimum absolute atomic E-state index is 0.0451. The van der Waals surface area contributed by atoms with Crippen LogP contribution in [-0.4, -0.2) is 36.0 Å². The standard InChI is InChI=1S/C19H24FN3O2/c20-15-12-14(8-9-17(15)22-10-3-7-18(22)24)21-19(25)23-11-2-5-13-4-1-6-16(13)23/h8-9,12-13,16H,1-7,10-11H2,(H,21,25). The van der Waals surface area contributed by atoms with Gasteiger partial charge in [0.2, 0.25) is 5.91 Å². The summed E-state index contributed by atoms with van der Waals surface area (Å²) in [4.78, 5) is 27.8. The molecular formula is C19H24FN3O2. The van der Waals surface area contributed by atoms with Crippen molar-refractivity contribution in [3.63, 3.8) is 0 Å². The number of hydrogen-bond acceptors (Lipinski definition) is 2. The van der Waals surface area contributed by atoms with E-state index in [1.165, 1.54) is 30.2 Å². The molecule has 6 heteroatoms. The van der Waals surface area contributed by atoms with E-state index < -0.39 is 5.82 Å². The summed E-state index contributed by atoms with van der Waals surface area (Å²) in [6.07, 6.45) is 6.95. The van der Waals surface area contributed by atoms with Crippen molar-refractivity contribution < 1.29 is 14.0 Å². The van der Waals surface area contributed by atoms with Gasteiger partial charge in [0, 0.05) is 31.2 Å². The molecule has 3 fully saturated rings.